The van der Waals surface area contributed by atoms with E-state index >= 15 is 0 Å². The van der Waals surface area contributed by atoms with Gasteiger partial charge in [-0.25, -0.2) is 9.97 Å². The van der Waals surface area contributed by atoms with Crippen molar-refractivity contribution in [3.63, 3.8) is 0 Å². The van der Waals surface area contributed by atoms with Crippen LogP contribution in [0.15, 0.2) is 29.3 Å². The maximum Gasteiger partial charge on any atom is 0.236 e. The lowest BCUT2D eigenvalue weighted by Gasteiger charge is -2.22. The molecule has 6 heteroatoms. The minimum absolute atomic E-state index is 0.163. The monoisotopic (exact) mass is 300 g/mol. The summed E-state index contributed by atoms with van der Waals surface area (Å²) in [5.74, 6) is 0.163. The zero-order valence-corrected chi connectivity index (χ0v) is 13.0. The van der Waals surface area contributed by atoms with Crippen LogP contribution < -0.4 is 0 Å². The summed E-state index contributed by atoms with van der Waals surface area (Å²) in [6.45, 7) is 1.86. The molecule has 0 N–H and O–H groups in total. The maximum absolute atomic E-state index is 12.3. The summed E-state index contributed by atoms with van der Waals surface area (Å²) in [5.41, 5.74) is 4.04. The van der Waals surface area contributed by atoms with E-state index in [0.717, 1.165) is 35.4 Å². The fraction of sp³-hybridized carbons (Fsp3) is 0.438. The second-order valence-corrected chi connectivity index (χ2v) is 5.78. The molecule has 1 amide bonds. The Kier molecular flexibility index (Phi) is 4.20. The number of likely N-dealkylation sites (N-methyl/N-ethyl adjacent to an activating group) is 1. The molecule has 2 aromatic heterocycles. The van der Waals surface area contributed by atoms with Crippen molar-refractivity contribution in [3.8, 4) is 11.3 Å². The summed E-state index contributed by atoms with van der Waals surface area (Å²) in [7, 11) is 3.82. The fourth-order valence-electron chi connectivity index (χ4n) is 2.79. The van der Waals surface area contributed by atoms with Crippen LogP contribution in [-0.2, 0) is 17.6 Å². The van der Waals surface area contributed by atoms with Crippen molar-refractivity contribution in [2.75, 3.05) is 33.7 Å². The molecule has 0 unspecified atom stereocenters. The fourth-order valence-corrected chi connectivity index (χ4v) is 2.79. The molecule has 0 saturated carbocycles. The third-order valence-electron chi connectivity index (χ3n) is 3.88. The van der Waals surface area contributed by atoms with E-state index in [9.17, 15) is 4.79 Å². The number of aromatic nitrogens is 2. The van der Waals surface area contributed by atoms with E-state index in [1.807, 2.05) is 30.0 Å². The molecule has 6 nitrogen and oxygen atoms in total. The predicted molar refractivity (Wildman–Crippen MR) is 82.3 cm³/mol. The van der Waals surface area contributed by atoms with Crippen LogP contribution in [0.4, 0.5) is 0 Å². The molecular weight excluding hydrogens is 280 g/mol. The third-order valence-corrected chi connectivity index (χ3v) is 3.88. The van der Waals surface area contributed by atoms with Gasteiger partial charge in [0.1, 0.15) is 6.33 Å². The molecule has 3 heterocycles. The standard InChI is InChI=1S/C16H20N4O2/c1-19(2)9-15(21)20-6-3-13-14(4-7-20)17-11-18-16(13)12-5-8-22-10-12/h5,8,10-11H,3-4,6-7,9H2,1-2H3. The molecule has 0 radical (unpaired) electrons. The highest BCUT2D eigenvalue weighted by Crippen LogP contribution is 2.26. The van der Waals surface area contributed by atoms with Crippen molar-refractivity contribution in [2.24, 2.45) is 0 Å². The van der Waals surface area contributed by atoms with Gasteiger partial charge in [-0.3, -0.25) is 4.79 Å². The van der Waals surface area contributed by atoms with E-state index < -0.39 is 0 Å². The highest BCUT2D eigenvalue weighted by Gasteiger charge is 2.22. The van der Waals surface area contributed by atoms with Crippen LogP contribution in [0.2, 0.25) is 0 Å². The van der Waals surface area contributed by atoms with E-state index in [0.29, 0.717) is 19.6 Å². The van der Waals surface area contributed by atoms with Crippen molar-refractivity contribution in [1.82, 2.24) is 19.8 Å². The molecular formula is C16H20N4O2. The molecule has 22 heavy (non-hydrogen) atoms. The summed E-state index contributed by atoms with van der Waals surface area (Å²) in [5, 5.41) is 0. The third kappa shape index (κ3) is 3.01. The van der Waals surface area contributed by atoms with Gasteiger partial charge >= 0.3 is 0 Å². The van der Waals surface area contributed by atoms with Gasteiger partial charge in [0.15, 0.2) is 0 Å². The normalized spacial score (nSPS) is 14.8. The quantitative estimate of drug-likeness (QED) is 0.853. The van der Waals surface area contributed by atoms with Crippen molar-refractivity contribution in [1.29, 1.82) is 0 Å². The first-order valence-electron chi connectivity index (χ1n) is 7.43. The highest BCUT2D eigenvalue weighted by molar-refractivity contribution is 5.78. The first-order chi connectivity index (χ1) is 10.6. The minimum Gasteiger partial charge on any atom is -0.472 e. The smallest absolute Gasteiger partial charge is 0.236 e. The molecule has 0 saturated heterocycles. The number of nitrogens with zero attached hydrogens (tertiary/aromatic N) is 4. The summed E-state index contributed by atoms with van der Waals surface area (Å²) >= 11 is 0. The number of carbonyl (C=O) groups excluding carboxylic acids is 1. The topological polar surface area (TPSA) is 62.5 Å². The molecule has 0 spiro atoms. The maximum atomic E-state index is 12.3. The molecule has 3 rings (SSSR count). The second-order valence-electron chi connectivity index (χ2n) is 5.78. The van der Waals surface area contributed by atoms with Crippen LogP contribution >= 0.6 is 0 Å². The number of hydrogen-bond donors (Lipinski definition) is 0. The number of furan rings is 1. The van der Waals surface area contributed by atoms with Gasteiger partial charge in [0.2, 0.25) is 5.91 Å². The van der Waals surface area contributed by atoms with Crippen LogP contribution in [-0.4, -0.2) is 59.4 Å². The molecule has 1 aliphatic heterocycles. The summed E-state index contributed by atoms with van der Waals surface area (Å²) in [6, 6.07) is 1.91. The van der Waals surface area contributed by atoms with Gasteiger partial charge < -0.3 is 14.2 Å². The molecule has 0 aromatic carbocycles. The Labute approximate surface area is 129 Å². The highest BCUT2D eigenvalue weighted by atomic mass is 16.3. The SMILES string of the molecule is CN(C)CC(=O)N1CCc2ncnc(-c3ccoc3)c2CC1. The van der Waals surface area contributed by atoms with Gasteiger partial charge in [0.25, 0.3) is 0 Å². The largest absolute Gasteiger partial charge is 0.472 e. The van der Waals surface area contributed by atoms with E-state index in [2.05, 4.69) is 9.97 Å². The van der Waals surface area contributed by atoms with Crippen LogP contribution in [0.1, 0.15) is 11.3 Å². The lowest BCUT2D eigenvalue weighted by Crippen LogP contribution is -2.39. The zero-order valence-electron chi connectivity index (χ0n) is 13.0. The van der Waals surface area contributed by atoms with Crippen LogP contribution in [0, 0.1) is 0 Å². The predicted octanol–water partition coefficient (Wildman–Crippen LogP) is 1.23. The zero-order chi connectivity index (χ0) is 15.5. The average molecular weight is 300 g/mol. The van der Waals surface area contributed by atoms with E-state index in [4.69, 9.17) is 4.42 Å². The van der Waals surface area contributed by atoms with E-state index in [1.54, 1.807) is 18.9 Å². The van der Waals surface area contributed by atoms with Crippen LogP contribution in [0.5, 0.6) is 0 Å². The van der Waals surface area contributed by atoms with Crippen molar-refractivity contribution in [2.45, 2.75) is 12.8 Å². The van der Waals surface area contributed by atoms with Crippen LogP contribution in [0.25, 0.3) is 11.3 Å². The lowest BCUT2D eigenvalue weighted by molar-refractivity contribution is -0.131. The first-order valence-corrected chi connectivity index (χ1v) is 7.43. The van der Waals surface area contributed by atoms with Gasteiger partial charge in [-0.1, -0.05) is 0 Å². The minimum atomic E-state index is 0.163. The molecule has 1 aliphatic rings. The molecule has 0 bridgehead atoms. The van der Waals surface area contributed by atoms with E-state index in [-0.39, 0.29) is 5.91 Å². The summed E-state index contributed by atoms with van der Waals surface area (Å²) < 4.78 is 5.16. The molecule has 116 valence electrons. The lowest BCUT2D eigenvalue weighted by atomic mass is 10.0. The Morgan fingerprint density at radius 2 is 2.14 bits per heavy atom. The molecule has 2 aromatic rings. The summed E-state index contributed by atoms with van der Waals surface area (Å²) in [6.07, 6.45) is 6.48. The van der Waals surface area contributed by atoms with Crippen molar-refractivity contribution >= 4 is 5.91 Å². The second kappa shape index (κ2) is 6.27. The molecule has 0 atom stereocenters. The molecule has 0 aliphatic carbocycles. The number of hydrogen-bond acceptors (Lipinski definition) is 5. The van der Waals surface area contributed by atoms with Crippen molar-refractivity contribution < 1.29 is 9.21 Å². The number of fused-ring (bicyclic) bond motifs is 1. The number of amides is 1. The number of carbonyl (C=O) groups is 1. The van der Waals surface area contributed by atoms with Crippen LogP contribution in [0.3, 0.4) is 0 Å². The van der Waals surface area contributed by atoms with Gasteiger partial charge in [-0.15, -0.1) is 0 Å². The Hall–Kier alpha value is -2.21. The Morgan fingerprint density at radius 3 is 2.86 bits per heavy atom. The Balaban J connectivity index is 1.83. The van der Waals surface area contributed by atoms with Gasteiger partial charge in [-0.2, -0.15) is 0 Å². The first kappa shape index (κ1) is 14.7. The Morgan fingerprint density at radius 1 is 1.32 bits per heavy atom. The van der Waals surface area contributed by atoms with Crippen molar-refractivity contribution in [3.05, 3.63) is 36.2 Å². The average Bonchev–Trinajstić information content (AvgIpc) is 2.92. The number of rotatable bonds is 3. The summed E-state index contributed by atoms with van der Waals surface area (Å²) in [4.78, 5) is 24.9. The van der Waals surface area contributed by atoms with Gasteiger partial charge in [-0.05, 0) is 26.6 Å². The van der Waals surface area contributed by atoms with Gasteiger partial charge in [0.05, 0.1) is 24.8 Å². The molecule has 0 fully saturated rings. The van der Waals surface area contributed by atoms with E-state index in [1.165, 1.54) is 0 Å². The Bertz CT molecular complexity index is 652. The van der Waals surface area contributed by atoms with Gasteiger partial charge in [0, 0.05) is 36.3 Å².